The summed E-state index contributed by atoms with van der Waals surface area (Å²) in [6.07, 6.45) is 0.764. The number of halogens is 1. The number of pyridine rings is 1. The number of nitrogens with zero attached hydrogens (tertiary/aromatic N) is 1. The Bertz CT molecular complexity index is 911. The van der Waals surface area contributed by atoms with Gasteiger partial charge in [0.25, 0.3) is 5.56 Å². The maximum absolute atomic E-state index is 14.3. The quantitative estimate of drug-likeness (QED) is 0.748. The number of aliphatic hydroxyl groups excluding tert-OH is 1. The molecule has 0 radical (unpaired) electrons. The van der Waals surface area contributed by atoms with Gasteiger partial charge in [0.2, 0.25) is 11.8 Å². The van der Waals surface area contributed by atoms with Crippen molar-refractivity contribution in [2.75, 3.05) is 5.32 Å². The molecule has 136 valence electrons. The number of aromatic nitrogens is 1. The lowest BCUT2D eigenvalue weighted by Crippen LogP contribution is -2.29. The van der Waals surface area contributed by atoms with E-state index in [1.165, 1.54) is 29.0 Å². The van der Waals surface area contributed by atoms with Crippen molar-refractivity contribution < 1.29 is 19.1 Å². The lowest BCUT2D eigenvalue weighted by Gasteiger charge is -2.12. The molecule has 3 atom stereocenters. The predicted octanol–water partition coefficient (Wildman–Crippen LogP) is 0.787. The molecule has 0 bridgehead atoms. The largest absolute Gasteiger partial charge is 0.392 e. The Morgan fingerprint density at radius 3 is 2.62 bits per heavy atom. The molecule has 1 saturated carbocycles. The summed E-state index contributed by atoms with van der Waals surface area (Å²) in [5, 5.41) is 12.3. The van der Waals surface area contributed by atoms with Gasteiger partial charge in [0, 0.05) is 24.2 Å². The number of aliphatic hydroxyl groups is 1. The maximum Gasteiger partial charge on any atom is 0.255 e. The lowest BCUT2D eigenvalue weighted by molar-refractivity contribution is -0.124. The number of carbonyl (C=O) groups excluding carboxylic acids is 2. The molecule has 0 aliphatic heterocycles. The first kappa shape index (κ1) is 17.8. The second kappa shape index (κ2) is 7.09. The summed E-state index contributed by atoms with van der Waals surface area (Å²) in [6, 6.07) is 8.60. The average Bonchev–Trinajstić information content (AvgIpc) is 2.99. The van der Waals surface area contributed by atoms with E-state index in [1.54, 1.807) is 12.1 Å². The van der Waals surface area contributed by atoms with Gasteiger partial charge in [-0.3, -0.25) is 19.0 Å². The number of anilines is 1. The highest BCUT2D eigenvalue weighted by Gasteiger charge is 2.40. The van der Waals surface area contributed by atoms with Crippen LogP contribution in [0.4, 0.5) is 10.1 Å². The van der Waals surface area contributed by atoms with E-state index in [2.05, 4.69) is 5.32 Å². The molecule has 3 rings (SSSR count). The van der Waals surface area contributed by atoms with Crippen molar-refractivity contribution in [3.63, 3.8) is 0 Å². The minimum atomic E-state index is -0.972. The van der Waals surface area contributed by atoms with Gasteiger partial charge in [0.05, 0.1) is 23.4 Å². The first-order valence-electron chi connectivity index (χ1n) is 8.12. The van der Waals surface area contributed by atoms with Crippen LogP contribution in [0.15, 0.2) is 47.4 Å². The number of nitrogens with two attached hydrogens (primary N) is 1. The smallest absolute Gasteiger partial charge is 0.255 e. The maximum atomic E-state index is 14.3. The molecular formula is C18H18FN3O4. The van der Waals surface area contributed by atoms with Crippen molar-refractivity contribution in [2.45, 2.75) is 18.9 Å². The van der Waals surface area contributed by atoms with Gasteiger partial charge in [-0.05, 0) is 31.0 Å². The number of nitrogens with one attached hydrogen (secondary N) is 1. The first-order chi connectivity index (χ1) is 12.4. The fraction of sp³-hybridized carbons (Fsp3) is 0.278. The number of carbonyl (C=O) groups is 2. The zero-order valence-electron chi connectivity index (χ0n) is 13.8. The van der Waals surface area contributed by atoms with Crippen molar-refractivity contribution in [3.8, 4) is 5.69 Å². The van der Waals surface area contributed by atoms with Gasteiger partial charge in [-0.2, -0.15) is 0 Å². The summed E-state index contributed by atoms with van der Waals surface area (Å²) < 4.78 is 15.6. The van der Waals surface area contributed by atoms with Gasteiger partial charge in [0.1, 0.15) is 5.82 Å². The van der Waals surface area contributed by atoms with E-state index in [9.17, 15) is 23.9 Å². The second-order valence-electron chi connectivity index (χ2n) is 6.31. The van der Waals surface area contributed by atoms with Crippen molar-refractivity contribution in [1.29, 1.82) is 0 Å². The molecule has 26 heavy (non-hydrogen) atoms. The number of benzene rings is 1. The van der Waals surface area contributed by atoms with Gasteiger partial charge >= 0.3 is 0 Å². The fourth-order valence-electron chi connectivity index (χ4n) is 3.17. The molecule has 1 aliphatic carbocycles. The van der Waals surface area contributed by atoms with E-state index in [0.29, 0.717) is 5.69 Å². The first-order valence-corrected chi connectivity index (χ1v) is 8.12. The van der Waals surface area contributed by atoms with Gasteiger partial charge in [0.15, 0.2) is 0 Å². The van der Waals surface area contributed by atoms with E-state index in [1.807, 2.05) is 0 Å². The summed E-state index contributed by atoms with van der Waals surface area (Å²) >= 11 is 0. The summed E-state index contributed by atoms with van der Waals surface area (Å²) in [5.74, 6) is -3.24. The van der Waals surface area contributed by atoms with Gasteiger partial charge < -0.3 is 16.2 Å². The van der Waals surface area contributed by atoms with Crippen molar-refractivity contribution in [2.24, 2.45) is 17.6 Å². The summed E-state index contributed by atoms with van der Waals surface area (Å²) in [6.45, 7) is 0. The normalized spacial score (nSPS) is 22.2. The molecular weight excluding hydrogens is 341 g/mol. The highest BCUT2D eigenvalue weighted by Crippen LogP contribution is 2.32. The van der Waals surface area contributed by atoms with Crippen molar-refractivity contribution in [1.82, 2.24) is 4.57 Å². The lowest BCUT2D eigenvalue weighted by atomic mass is 10.0. The van der Waals surface area contributed by atoms with Crippen LogP contribution < -0.4 is 16.6 Å². The minimum absolute atomic E-state index is 0.0419. The highest BCUT2D eigenvalue weighted by molar-refractivity contribution is 5.93. The van der Waals surface area contributed by atoms with Crippen LogP contribution in [0.25, 0.3) is 5.69 Å². The van der Waals surface area contributed by atoms with Crippen molar-refractivity contribution >= 4 is 17.5 Å². The van der Waals surface area contributed by atoms with E-state index < -0.39 is 35.6 Å². The highest BCUT2D eigenvalue weighted by atomic mass is 19.1. The van der Waals surface area contributed by atoms with E-state index in [0.717, 1.165) is 6.07 Å². The predicted molar refractivity (Wildman–Crippen MR) is 92.0 cm³/mol. The molecule has 2 aromatic rings. The number of primary amides is 1. The molecule has 1 heterocycles. The topological polar surface area (TPSA) is 114 Å². The fourth-order valence-corrected chi connectivity index (χ4v) is 3.17. The SMILES string of the molecule is NC(=O)[C@@H]1C[C@H](C(=O)Nc2ccc(-n3ccccc3=O)cc2F)C[C@H]1O. The van der Waals surface area contributed by atoms with E-state index in [-0.39, 0.29) is 24.1 Å². The van der Waals surface area contributed by atoms with Crippen LogP contribution in [0.1, 0.15) is 12.8 Å². The van der Waals surface area contributed by atoms with Crippen LogP contribution in [-0.4, -0.2) is 27.6 Å². The molecule has 1 aromatic heterocycles. The molecule has 1 aromatic carbocycles. The van der Waals surface area contributed by atoms with Gasteiger partial charge in [-0.15, -0.1) is 0 Å². The van der Waals surface area contributed by atoms with Gasteiger partial charge in [-0.1, -0.05) is 6.07 Å². The second-order valence-corrected chi connectivity index (χ2v) is 6.31. The molecule has 4 N–H and O–H groups in total. The average molecular weight is 359 g/mol. The van der Waals surface area contributed by atoms with Crippen molar-refractivity contribution in [3.05, 3.63) is 58.8 Å². The van der Waals surface area contributed by atoms with Crippen LogP contribution in [-0.2, 0) is 9.59 Å². The molecule has 1 aliphatic rings. The number of rotatable bonds is 4. The zero-order chi connectivity index (χ0) is 18.8. The molecule has 0 spiro atoms. The summed E-state index contributed by atoms with van der Waals surface area (Å²) in [7, 11) is 0. The molecule has 0 unspecified atom stereocenters. The third-order valence-electron chi connectivity index (χ3n) is 4.58. The third kappa shape index (κ3) is 3.50. The van der Waals surface area contributed by atoms with E-state index in [4.69, 9.17) is 5.73 Å². The summed E-state index contributed by atoms with van der Waals surface area (Å²) in [4.78, 5) is 35.3. The molecule has 1 fully saturated rings. The third-order valence-corrected chi connectivity index (χ3v) is 4.58. The van der Waals surface area contributed by atoms with E-state index >= 15 is 0 Å². The Labute approximate surface area is 148 Å². The molecule has 2 amide bonds. The number of amides is 2. The Balaban J connectivity index is 1.75. The Kier molecular flexibility index (Phi) is 4.85. The Morgan fingerprint density at radius 1 is 1.23 bits per heavy atom. The Hall–Kier alpha value is -3.00. The number of hydrogen-bond acceptors (Lipinski definition) is 4. The number of hydrogen-bond donors (Lipinski definition) is 3. The molecule has 0 saturated heterocycles. The standard InChI is InChI=1S/C18H18FN3O4/c19-13-9-11(22-6-2-1-3-16(22)24)4-5-14(13)21-18(26)10-7-12(17(20)25)15(23)8-10/h1-6,9-10,12,15,23H,7-8H2,(H2,20,25)(H,21,26)/t10-,12+,15+/m0/s1. The van der Waals surface area contributed by atoms with Crippen LogP contribution in [0, 0.1) is 17.7 Å². The molecule has 8 heteroatoms. The van der Waals surface area contributed by atoms with Crippen LogP contribution in [0.5, 0.6) is 0 Å². The van der Waals surface area contributed by atoms with Crippen LogP contribution in [0.2, 0.25) is 0 Å². The zero-order valence-corrected chi connectivity index (χ0v) is 13.8. The monoisotopic (exact) mass is 359 g/mol. The molecule has 7 nitrogen and oxygen atoms in total. The van der Waals surface area contributed by atoms with Gasteiger partial charge in [-0.25, -0.2) is 4.39 Å². The van der Waals surface area contributed by atoms with Crippen LogP contribution in [0.3, 0.4) is 0 Å². The summed E-state index contributed by atoms with van der Waals surface area (Å²) in [5.41, 5.74) is 5.18. The minimum Gasteiger partial charge on any atom is -0.392 e. The van der Waals surface area contributed by atoms with Crippen LogP contribution >= 0.6 is 0 Å². The Morgan fingerprint density at radius 2 is 2.00 bits per heavy atom.